The molecule has 1 amide bonds. The van der Waals surface area contributed by atoms with Gasteiger partial charge in [-0.3, -0.25) is 9.69 Å². The van der Waals surface area contributed by atoms with Crippen LogP contribution < -0.4 is 10.2 Å². The molecule has 36 heavy (non-hydrogen) atoms. The number of para-hydroxylation sites is 1. The minimum atomic E-state index is -0.0608. The molecule has 7 heteroatoms. The molecule has 0 bridgehead atoms. The number of piperazine rings is 1. The Morgan fingerprint density at radius 2 is 1.72 bits per heavy atom. The molecule has 0 spiro atoms. The predicted octanol–water partition coefficient (Wildman–Crippen LogP) is 4.04. The molecule has 0 radical (unpaired) electrons. The quantitative estimate of drug-likeness (QED) is 0.384. The van der Waals surface area contributed by atoms with Crippen molar-refractivity contribution in [2.45, 2.75) is 26.8 Å². The number of hydrogen-bond donors (Lipinski definition) is 1. The second kappa shape index (κ2) is 10.9. The number of amides is 1. The number of carbonyl (C=O) groups is 1. The molecule has 1 aliphatic rings. The highest BCUT2D eigenvalue weighted by molar-refractivity contribution is 6.05. The van der Waals surface area contributed by atoms with E-state index in [-0.39, 0.29) is 5.91 Å². The number of carbonyl (C=O) groups excluding carboxylic acids is 1. The average molecular weight is 483 g/mol. The Kier molecular flexibility index (Phi) is 7.28. The standard InChI is InChI=1S/C29H34N6O/c1-22-9-11-24(12-10-22)21-35-28-27(20-31-35)26(19-23(2)32-28)29(36)30-13-6-14-33-15-17-34(18-16-33)25-7-4-3-5-8-25/h3-5,7-12,19-20H,6,13-18,21H2,1-2H3,(H,30,36). The van der Waals surface area contributed by atoms with E-state index in [0.717, 1.165) is 61.4 Å². The summed E-state index contributed by atoms with van der Waals surface area (Å²) in [7, 11) is 0. The van der Waals surface area contributed by atoms with Crippen LogP contribution in [0.1, 0.15) is 33.6 Å². The first kappa shape index (κ1) is 24.0. The van der Waals surface area contributed by atoms with Gasteiger partial charge in [-0.25, -0.2) is 9.67 Å². The number of aryl methyl sites for hydroxylation is 2. The summed E-state index contributed by atoms with van der Waals surface area (Å²) >= 11 is 0. The topological polar surface area (TPSA) is 66.3 Å². The number of benzene rings is 2. The lowest BCUT2D eigenvalue weighted by Crippen LogP contribution is -2.47. The van der Waals surface area contributed by atoms with Crippen LogP contribution in [0.3, 0.4) is 0 Å². The largest absolute Gasteiger partial charge is 0.369 e. The van der Waals surface area contributed by atoms with E-state index in [4.69, 9.17) is 0 Å². The van der Waals surface area contributed by atoms with Gasteiger partial charge in [-0.15, -0.1) is 0 Å². The number of nitrogens with zero attached hydrogens (tertiary/aromatic N) is 5. The Bertz CT molecular complexity index is 1310. The molecule has 1 aliphatic heterocycles. The molecule has 7 nitrogen and oxygen atoms in total. The molecule has 0 saturated carbocycles. The van der Waals surface area contributed by atoms with Crippen molar-refractivity contribution in [2.75, 3.05) is 44.2 Å². The van der Waals surface area contributed by atoms with Crippen LogP contribution in [0.4, 0.5) is 5.69 Å². The number of nitrogens with one attached hydrogen (secondary N) is 1. The van der Waals surface area contributed by atoms with E-state index < -0.39 is 0 Å². The summed E-state index contributed by atoms with van der Waals surface area (Å²) in [6.45, 7) is 10.4. The molecule has 2 aromatic heterocycles. The summed E-state index contributed by atoms with van der Waals surface area (Å²) in [4.78, 5) is 22.7. The van der Waals surface area contributed by atoms with Crippen molar-refractivity contribution in [3.63, 3.8) is 0 Å². The normalized spacial score (nSPS) is 14.3. The lowest BCUT2D eigenvalue weighted by molar-refractivity contribution is 0.0953. The van der Waals surface area contributed by atoms with Crippen LogP contribution in [-0.4, -0.2) is 64.8 Å². The molecule has 3 heterocycles. The van der Waals surface area contributed by atoms with E-state index in [2.05, 4.69) is 86.7 Å². The molecule has 1 saturated heterocycles. The summed E-state index contributed by atoms with van der Waals surface area (Å²) < 4.78 is 1.87. The van der Waals surface area contributed by atoms with E-state index in [0.29, 0.717) is 18.7 Å². The van der Waals surface area contributed by atoms with Crippen LogP contribution in [-0.2, 0) is 6.54 Å². The Hall–Kier alpha value is -3.71. The van der Waals surface area contributed by atoms with Crippen LogP contribution in [0, 0.1) is 13.8 Å². The summed E-state index contributed by atoms with van der Waals surface area (Å²) in [6, 6.07) is 20.9. The van der Waals surface area contributed by atoms with E-state index >= 15 is 0 Å². The van der Waals surface area contributed by atoms with Crippen molar-refractivity contribution in [3.8, 4) is 0 Å². The summed E-state index contributed by atoms with van der Waals surface area (Å²) in [5.41, 5.74) is 5.89. The Morgan fingerprint density at radius 1 is 0.972 bits per heavy atom. The van der Waals surface area contributed by atoms with Gasteiger partial charge in [-0.2, -0.15) is 5.10 Å². The number of pyridine rings is 1. The molecule has 2 aromatic carbocycles. The Morgan fingerprint density at radius 3 is 2.47 bits per heavy atom. The zero-order chi connectivity index (χ0) is 24.9. The minimum Gasteiger partial charge on any atom is -0.369 e. The first-order valence-corrected chi connectivity index (χ1v) is 12.8. The van der Waals surface area contributed by atoms with Crippen molar-refractivity contribution in [1.29, 1.82) is 0 Å². The highest BCUT2D eigenvalue weighted by atomic mass is 16.1. The van der Waals surface area contributed by atoms with E-state index in [9.17, 15) is 4.79 Å². The second-order valence-electron chi connectivity index (χ2n) is 9.61. The summed E-state index contributed by atoms with van der Waals surface area (Å²) in [5, 5.41) is 8.46. The number of rotatable bonds is 8. The monoisotopic (exact) mass is 482 g/mol. The lowest BCUT2D eigenvalue weighted by Gasteiger charge is -2.36. The molecule has 5 rings (SSSR count). The molecule has 1 fully saturated rings. The number of fused-ring (bicyclic) bond motifs is 1. The number of aromatic nitrogens is 3. The van der Waals surface area contributed by atoms with Gasteiger partial charge in [-0.05, 0) is 50.6 Å². The van der Waals surface area contributed by atoms with Crippen molar-refractivity contribution in [1.82, 2.24) is 25.0 Å². The number of hydrogen-bond acceptors (Lipinski definition) is 5. The summed E-state index contributed by atoms with van der Waals surface area (Å²) in [5.74, 6) is -0.0608. The van der Waals surface area contributed by atoms with Gasteiger partial charge in [0.05, 0.1) is 23.7 Å². The predicted molar refractivity (Wildman–Crippen MR) is 145 cm³/mol. The molecular formula is C29H34N6O. The van der Waals surface area contributed by atoms with Crippen LogP contribution in [0.25, 0.3) is 11.0 Å². The average Bonchev–Trinajstić information content (AvgIpc) is 3.30. The third kappa shape index (κ3) is 5.57. The van der Waals surface area contributed by atoms with Gasteiger partial charge in [0.1, 0.15) is 0 Å². The lowest BCUT2D eigenvalue weighted by atomic mass is 10.1. The molecule has 0 atom stereocenters. The molecule has 1 N–H and O–H groups in total. The first-order chi connectivity index (χ1) is 17.6. The fourth-order valence-electron chi connectivity index (χ4n) is 4.81. The van der Waals surface area contributed by atoms with Crippen molar-refractivity contribution < 1.29 is 4.79 Å². The highest BCUT2D eigenvalue weighted by Gasteiger charge is 2.18. The van der Waals surface area contributed by atoms with E-state index in [1.807, 2.05) is 17.7 Å². The maximum absolute atomic E-state index is 13.1. The SMILES string of the molecule is Cc1ccc(Cn2ncc3c(C(=O)NCCCN4CCN(c5ccccc5)CC4)cc(C)nc32)cc1. The van der Waals surface area contributed by atoms with Gasteiger partial charge in [0.2, 0.25) is 0 Å². The number of anilines is 1. The molecule has 4 aromatic rings. The van der Waals surface area contributed by atoms with Crippen molar-refractivity contribution >= 4 is 22.6 Å². The fourth-order valence-corrected chi connectivity index (χ4v) is 4.81. The van der Waals surface area contributed by atoms with Gasteiger partial charge in [0, 0.05) is 44.1 Å². The second-order valence-corrected chi connectivity index (χ2v) is 9.61. The van der Waals surface area contributed by atoms with Crippen LogP contribution >= 0.6 is 0 Å². The molecular weight excluding hydrogens is 448 g/mol. The van der Waals surface area contributed by atoms with Crippen molar-refractivity contribution in [2.24, 2.45) is 0 Å². The molecule has 0 unspecified atom stereocenters. The first-order valence-electron chi connectivity index (χ1n) is 12.8. The van der Waals surface area contributed by atoms with Crippen LogP contribution in [0.2, 0.25) is 0 Å². The van der Waals surface area contributed by atoms with Gasteiger partial charge < -0.3 is 10.2 Å². The van der Waals surface area contributed by atoms with Crippen LogP contribution in [0.15, 0.2) is 66.9 Å². The van der Waals surface area contributed by atoms with Crippen LogP contribution in [0.5, 0.6) is 0 Å². The molecule has 0 aliphatic carbocycles. The third-order valence-corrected chi connectivity index (χ3v) is 6.87. The zero-order valence-corrected chi connectivity index (χ0v) is 21.2. The fraction of sp³-hybridized carbons (Fsp3) is 0.345. The minimum absolute atomic E-state index is 0.0608. The molecule has 186 valence electrons. The van der Waals surface area contributed by atoms with Crippen molar-refractivity contribution in [3.05, 3.63) is 89.2 Å². The van der Waals surface area contributed by atoms with Gasteiger partial charge in [0.15, 0.2) is 5.65 Å². The maximum Gasteiger partial charge on any atom is 0.252 e. The van der Waals surface area contributed by atoms with E-state index in [1.54, 1.807) is 6.20 Å². The summed E-state index contributed by atoms with van der Waals surface area (Å²) in [6.07, 6.45) is 2.69. The smallest absolute Gasteiger partial charge is 0.252 e. The van der Waals surface area contributed by atoms with Gasteiger partial charge >= 0.3 is 0 Å². The Balaban J connectivity index is 1.14. The zero-order valence-electron chi connectivity index (χ0n) is 21.2. The van der Waals surface area contributed by atoms with Gasteiger partial charge in [0.25, 0.3) is 5.91 Å². The van der Waals surface area contributed by atoms with Gasteiger partial charge in [-0.1, -0.05) is 48.0 Å². The Labute approximate surface area is 212 Å². The van der Waals surface area contributed by atoms with E-state index in [1.165, 1.54) is 11.3 Å². The highest BCUT2D eigenvalue weighted by Crippen LogP contribution is 2.20. The third-order valence-electron chi connectivity index (χ3n) is 6.87. The maximum atomic E-state index is 13.1.